The molecule has 5 rings (SSSR count). The fraction of sp³-hybridized carbons (Fsp3) is 0.595. The van der Waals surface area contributed by atoms with E-state index in [2.05, 4.69) is 18.5 Å². The summed E-state index contributed by atoms with van der Waals surface area (Å²) < 4.78 is 45.6. The largest absolute Gasteiger partial charge is 0.463 e. The molecule has 0 spiro atoms. The summed E-state index contributed by atoms with van der Waals surface area (Å²) in [6, 6.07) is 11.5. The van der Waals surface area contributed by atoms with Crippen LogP contribution >= 0.6 is 21.6 Å². The highest BCUT2D eigenvalue weighted by Crippen LogP contribution is 2.41. The number of para-hydroxylation sites is 1. The van der Waals surface area contributed by atoms with Gasteiger partial charge in [0.25, 0.3) is 5.56 Å². The maximum Gasteiger partial charge on any atom is 0.408 e. The van der Waals surface area contributed by atoms with E-state index in [-0.39, 0.29) is 49.9 Å². The Morgan fingerprint density at radius 2 is 1.56 bits per heavy atom. The predicted octanol–water partition coefficient (Wildman–Crippen LogP) is 5.79. The lowest BCUT2D eigenvalue weighted by atomic mass is 9.85. The third-order valence-corrected chi connectivity index (χ3v) is 12.4. The number of nitrogens with one attached hydrogen (secondary N) is 1. The van der Waals surface area contributed by atoms with Gasteiger partial charge in [0.05, 0.1) is 95.1 Å². The Hall–Kier alpha value is -3.71. The maximum absolute atomic E-state index is 13.7. The molecule has 3 aromatic rings. The molecule has 2 atom stereocenters. The number of pyridine rings is 2. The maximum atomic E-state index is 13.7. The molecule has 1 N–H and O–H groups in total. The van der Waals surface area contributed by atoms with E-state index in [1.54, 1.807) is 28.4 Å². The van der Waals surface area contributed by atoms with Gasteiger partial charge >= 0.3 is 18.0 Å². The fourth-order valence-corrected chi connectivity index (χ4v) is 9.05. The standard InChI is InChI=1S/C42H57N3O12S2/c1-4-32(59-58-3)11-7-9-13-37(46)55-25-24-54-23-22-53-21-20-52-19-18-51-17-16-50-15-14-43-41(49)57-42(5-2)34-27-36-38-31(26-30-10-6-8-12-35(30)44-38)28-45(36)39(47)33(34)29-56-40(42)48/h6,8,10,12,26-27,32H,4-5,7,9,11,13-25,28-29H2,1-3H3,(H,43,49). The monoisotopic (exact) mass is 859 g/mol. The van der Waals surface area contributed by atoms with Crippen LogP contribution in [0.1, 0.15) is 69.1 Å². The molecule has 59 heavy (non-hydrogen) atoms. The SMILES string of the molecule is CCC(CCCCC(=O)OCCOCCOCCOCCOCCOCCNC(=O)OC1(CC)C(=O)OCc2c1cc1n(c2=O)Cc2cc3ccccc3nc2-1)SSC. The number of unbranched alkanes of at least 4 members (excludes halogenated alkanes) is 1. The molecule has 0 fully saturated rings. The second kappa shape index (κ2) is 24.5. The molecule has 2 aliphatic heterocycles. The number of cyclic esters (lactones) is 1. The van der Waals surface area contributed by atoms with Crippen molar-refractivity contribution in [1.29, 1.82) is 0 Å². The van der Waals surface area contributed by atoms with Crippen LogP contribution in [-0.2, 0) is 66.2 Å². The number of ether oxygens (including phenoxy) is 8. The molecule has 0 bridgehead atoms. The smallest absolute Gasteiger partial charge is 0.408 e. The number of nitrogens with zero attached hydrogens (tertiary/aromatic N) is 2. The quantitative estimate of drug-likeness (QED) is 0.0315. The van der Waals surface area contributed by atoms with Crippen LogP contribution in [0.4, 0.5) is 4.79 Å². The molecule has 15 nitrogen and oxygen atoms in total. The van der Waals surface area contributed by atoms with Crippen LogP contribution in [0.2, 0.25) is 0 Å². The molecule has 0 saturated heterocycles. The number of carbonyl (C=O) groups is 3. The molecule has 0 saturated carbocycles. The molecule has 0 radical (unpaired) electrons. The van der Waals surface area contributed by atoms with Gasteiger partial charge in [-0.15, -0.1) is 0 Å². The van der Waals surface area contributed by atoms with Crippen LogP contribution in [0.3, 0.4) is 0 Å². The van der Waals surface area contributed by atoms with E-state index in [1.165, 1.54) is 0 Å². The molecule has 2 aromatic heterocycles. The third-order valence-electron chi connectivity index (χ3n) is 9.99. The number of amides is 1. The van der Waals surface area contributed by atoms with Crippen molar-refractivity contribution in [2.75, 3.05) is 85.5 Å². The van der Waals surface area contributed by atoms with Crippen molar-refractivity contribution in [1.82, 2.24) is 14.9 Å². The molecular formula is C42H57N3O12S2. The lowest BCUT2D eigenvalue weighted by Crippen LogP contribution is -2.49. The van der Waals surface area contributed by atoms with Crippen molar-refractivity contribution in [3.05, 3.63) is 63.4 Å². The predicted molar refractivity (Wildman–Crippen MR) is 225 cm³/mol. The average molecular weight is 860 g/mol. The van der Waals surface area contributed by atoms with Gasteiger partial charge in [-0.2, -0.15) is 0 Å². The number of carbonyl (C=O) groups excluding carboxylic acids is 3. The van der Waals surface area contributed by atoms with E-state index in [1.807, 2.05) is 41.1 Å². The van der Waals surface area contributed by atoms with Crippen molar-refractivity contribution in [2.24, 2.45) is 0 Å². The summed E-state index contributed by atoms with van der Waals surface area (Å²) in [5, 5.41) is 4.24. The van der Waals surface area contributed by atoms with Gasteiger partial charge in [0.2, 0.25) is 5.60 Å². The van der Waals surface area contributed by atoms with Crippen LogP contribution in [0, 0.1) is 0 Å². The topological polar surface area (TPSA) is 172 Å². The number of hydrogen-bond acceptors (Lipinski definition) is 15. The Labute approximate surface area is 353 Å². The number of esters is 2. The van der Waals surface area contributed by atoms with Crippen LogP contribution < -0.4 is 10.9 Å². The number of aromatic nitrogens is 2. The van der Waals surface area contributed by atoms with Gasteiger partial charge in [-0.1, -0.05) is 60.1 Å². The summed E-state index contributed by atoms with van der Waals surface area (Å²) in [5.41, 5.74) is 1.39. The van der Waals surface area contributed by atoms with Gasteiger partial charge in [-0.3, -0.25) is 9.59 Å². The van der Waals surface area contributed by atoms with Crippen molar-refractivity contribution >= 4 is 50.5 Å². The minimum absolute atomic E-state index is 0.0617. The normalized spacial score (nSPS) is 15.9. The van der Waals surface area contributed by atoms with E-state index in [0.717, 1.165) is 42.1 Å². The molecule has 17 heteroatoms. The van der Waals surface area contributed by atoms with E-state index < -0.39 is 17.7 Å². The van der Waals surface area contributed by atoms with Crippen LogP contribution in [0.25, 0.3) is 22.3 Å². The fourth-order valence-electron chi connectivity index (χ4n) is 6.87. The molecular weight excluding hydrogens is 803 g/mol. The average Bonchev–Trinajstić information content (AvgIpc) is 3.60. The zero-order valence-corrected chi connectivity index (χ0v) is 35.9. The Bertz CT molecular complexity index is 1900. The molecule has 2 aliphatic rings. The first-order valence-electron chi connectivity index (χ1n) is 20.3. The second-order valence-corrected chi connectivity index (χ2v) is 16.7. The molecule has 1 amide bonds. The zero-order valence-electron chi connectivity index (χ0n) is 34.3. The van der Waals surface area contributed by atoms with Crippen molar-refractivity contribution < 1.29 is 52.3 Å². The van der Waals surface area contributed by atoms with Gasteiger partial charge in [-0.05, 0) is 50.1 Å². The first kappa shape index (κ1) is 46.4. The molecule has 2 unspecified atom stereocenters. The third kappa shape index (κ3) is 13.1. The zero-order chi connectivity index (χ0) is 41.9. The lowest BCUT2D eigenvalue weighted by Gasteiger charge is -2.35. The van der Waals surface area contributed by atoms with Crippen molar-refractivity contribution in [3.8, 4) is 11.4 Å². The van der Waals surface area contributed by atoms with Crippen molar-refractivity contribution in [3.63, 3.8) is 0 Å². The summed E-state index contributed by atoms with van der Waals surface area (Å²) >= 11 is 0. The molecule has 4 heterocycles. The highest BCUT2D eigenvalue weighted by molar-refractivity contribution is 8.76. The highest BCUT2D eigenvalue weighted by atomic mass is 33.1. The minimum atomic E-state index is -1.80. The summed E-state index contributed by atoms with van der Waals surface area (Å²) in [7, 11) is 3.70. The van der Waals surface area contributed by atoms with Gasteiger partial charge < -0.3 is 47.8 Å². The highest BCUT2D eigenvalue weighted by Gasteiger charge is 2.50. The van der Waals surface area contributed by atoms with Gasteiger partial charge in [0.15, 0.2) is 0 Å². The Kier molecular flexibility index (Phi) is 19.3. The van der Waals surface area contributed by atoms with E-state index >= 15 is 0 Å². The summed E-state index contributed by atoms with van der Waals surface area (Å²) in [4.78, 5) is 56.7. The van der Waals surface area contributed by atoms with E-state index in [4.69, 9.17) is 42.9 Å². The van der Waals surface area contributed by atoms with Crippen molar-refractivity contribution in [2.45, 2.75) is 76.4 Å². The first-order valence-corrected chi connectivity index (χ1v) is 23.0. The van der Waals surface area contributed by atoms with E-state index in [9.17, 15) is 19.2 Å². The number of hydrogen-bond donors (Lipinski definition) is 1. The number of rotatable bonds is 28. The summed E-state index contributed by atoms with van der Waals surface area (Å²) in [5.74, 6) is -0.912. The Morgan fingerprint density at radius 1 is 0.898 bits per heavy atom. The molecule has 324 valence electrons. The van der Waals surface area contributed by atoms with Crippen LogP contribution in [0.5, 0.6) is 0 Å². The van der Waals surface area contributed by atoms with Crippen LogP contribution in [0.15, 0.2) is 41.2 Å². The van der Waals surface area contributed by atoms with Gasteiger partial charge in [0, 0.05) is 34.7 Å². The summed E-state index contributed by atoms with van der Waals surface area (Å²) in [6.45, 7) is 8.00. The van der Waals surface area contributed by atoms with Crippen LogP contribution in [-0.4, -0.2) is 118 Å². The Morgan fingerprint density at radius 3 is 2.22 bits per heavy atom. The lowest BCUT2D eigenvalue weighted by molar-refractivity contribution is -0.172. The number of alkyl carbamates (subject to hydrolysis) is 1. The first-order chi connectivity index (χ1) is 28.8. The van der Waals surface area contributed by atoms with Gasteiger partial charge in [0.1, 0.15) is 13.2 Å². The number of benzene rings is 1. The second-order valence-electron chi connectivity index (χ2n) is 13.9. The Balaban J connectivity index is 0.878. The summed E-state index contributed by atoms with van der Waals surface area (Å²) in [6.07, 6.45) is 5.92. The van der Waals surface area contributed by atoms with E-state index in [0.29, 0.717) is 94.6 Å². The minimum Gasteiger partial charge on any atom is -0.463 e. The molecule has 1 aromatic carbocycles. The number of fused-ring (bicyclic) bond motifs is 5. The molecule has 0 aliphatic carbocycles. The van der Waals surface area contributed by atoms with Gasteiger partial charge in [-0.25, -0.2) is 14.6 Å².